The molecule has 1 aliphatic rings. The smallest absolute Gasteiger partial charge is 0.247 e. The first-order valence-electron chi connectivity index (χ1n) is 8.70. The number of hydrogen-bond donors (Lipinski definition) is 1. The number of benzene rings is 2. The van der Waals surface area contributed by atoms with E-state index in [4.69, 9.17) is 9.15 Å². The Balaban J connectivity index is 1.18. The second-order valence-electron chi connectivity index (χ2n) is 6.29. The van der Waals surface area contributed by atoms with Crippen molar-refractivity contribution in [1.82, 2.24) is 15.5 Å². The molecule has 1 N–H and O–H groups in total. The summed E-state index contributed by atoms with van der Waals surface area (Å²) < 4.78 is 11.6. The summed E-state index contributed by atoms with van der Waals surface area (Å²) in [4.78, 5) is 0. The van der Waals surface area contributed by atoms with Gasteiger partial charge in [-0.05, 0) is 37.1 Å². The molecular weight excluding hydrogens is 314 g/mol. The van der Waals surface area contributed by atoms with E-state index in [1.807, 2.05) is 60.7 Å². The van der Waals surface area contributed by atoms with E-state index >= 15 is 0 Å². The van der Waals surface area contributed by atoms with Crippen LogP contribution in [0.4, 0.5) is 0 Å². The average molecular weight is 335 g/mol. The van der Waals surface area contributed by atoms with E-state index in [2.05, 4.69) is 15.5 Å². The molecule has 0 saturated heterocycles. The summed E-state index contributed by atoms with van der Waals surface area (Å²) in [5, 5.41) is 11.8. The summed E-state index contributed by atoms with van der Waals surface area (Å²) in [7, 11) is 0. The fourth-order valence-corrected chi connectivity index (χ4v) is 2.96. The normalized spacial score (nSPS) is 19.4. The Labute approximate surface area is 147 Å². The fourth-order valence-electron chi connectivity index (χ4n) is 2.96. The van der Waals surface area contributed by atoms with Crippen molar-refractivity contribution < 1.29 is 9.15 Å². The van der Waals surface area contributed by atoms with Crippen molar-refractivity contribution in [2.45, 2.75) is 31.4 Å². The van der Waals surface area contributed by atoms with Crippen molar-refractivity contribution in [2.75, 3.05) is 6.54 Å². The van der Waals surface area contributed by atoms with Gasteiger partial charge in [0.25, 0.3) is 0 Å². The van der Waals surface area contributed by atoms with Crippen LogP contribution in [0.2, 0.25) is 0 Å². The van der Waals surface area contributed by atoms with Gasteiger partial charge in [0.05, 0.1) is 0 Å². The van der Waals surface area contributed by atoms with Gasteiger partial charge in [0.1, 0.15) is 11.9 Å². The molecular formula is C20H21N3O2. The Morgan fingerprint density at radius 2 is 1.68 bits per heavy atom. The highest BCUT2D eigenvalue weighted by molar-refractivity contribution is 5.51. The summed E-state index contributed by atoms with van der Waals surface area (Å²) in [6, 6.07) is 20.3. The molecule has 3 aromatic rings. The molecule has 25 heavy (non-hydrogen) atoms. The zero-order valence-electron chi connectivity index (χ0n) is 14.0. The fraction of sp³-hybridized carbons (Fsp3) is 0.300. The van der Waals surface area contributed by atoms with Crippen LogP contribution >= 0.6 is 0 Å². The Bertz CT molecular complexity index is 783. The van der Waals surface area contributed by atoms with Gasteiger partial charge in [0, 0.05) is 24.6 Å². The summed E-state index contributed by atoms with van der Waals surface area (Å²) in [5.74, 6) is 2.20. The largest absolute Gasteiger partial charge is 0.490 e. The zero-order chi connectivity index (χ0) is 16.9. The van der Waals surface area contributed by atoms with E-state index in [1.54, 1.807) is 0 Å². The maximum Gasteiger partial charge on any atom is 0.247 e. The molecule has 0 atom stereocenters. The van der Waals surface area contributed by atoms with Gasteiger partial charge < -0.3 is 14.5 Å². The van der Waals surface area contributed by atoms with Crippen molar-refractivity contribution in [2.24, 2.45) is 0 Å². The minimum absolute atomic E-state index is 0.313. The predicted octanol–water partition coefficient (Wildman–Crippen LogP) is 3.48. The number of nitrogens with one attached hydrogen (secondary N) is 1. The molecule has 5 nitrogen and oxygen atoms in total. The summed E-state index contributed by atoms with van der Waals surface area (Å²) in [6.07, 6.45) is 3.12. The average Bonchev–Trinajstić information content (AvgIpc) is 3.10. The van der Waals surface area contributed by atoms with E-state index in [0.717, 1.165) is 37.1 Å². The van der Waals surface area contributed by atoms with Crippen molar-refractivity contribution in [1.29, 1.82) is 0 Å². The van der Waals surface area contributed by atoms with E-state index in [9.17, 15) is 0 Å². The highest BCUT2D eigenvalue weighted by Crippen LogP contribution is 2.25. The monoisotopic (exact) mass is 335 g/mol. The molecule has 1 heterocycles. The number of ether oxygens (including phenoxy) is 1. The van der Waals surface area contributed by atoms with Crippen molar-refractivity contribution in [3.8, 4) is 17.2 Å². The number of hydrogen-bond acceptors (Lipinski definition) is 5. The van der Waals surface area contributed by atoms with Crippen LogP contribution in [-0.2, 0) is 6.42 Å². The molecule has 1 aromatic heterocycles. The lowest BCUT2D eigenvalue weighted by atomic mass is 9.89. The lowest BCUT2D eigenvalue weighted by Gasteiger charge is -2.36. The van der Waals surface area contributed by atoms with Crippen LogP contribution in [0.5, 0.6) is 5.75 Å². The Kier molecular flexibility index (Phi) is 4.74. The minimum atomic E-state index is 0.313. The maximum atomic E-state index is 5.92. The Hall–Kier alpha value is -2.66. The second-order valence-corrected chi connectivity index (χ2v) is 6.29. The number of para-hydroxylation sites is 1. The van der Waals surface area contributed by atoms with Gasteiger partial charge in [0.15, 0.2) is 0 Å². The molecule has 5 heteroatoms. The maximum absolute atomic E-state index is 5.92. The van der Waals surface area contributed by atoms with Crippen molar-refractivity contribution in [3.63, 3.8) is 0 Å². The third-order valence-corrected chi connectivity index (χ3v) is 4.40. The lowest BCUT2D eigenvalue weighted by Crippen LogP contribution is -2.47. The molecule has 0 bridgehead atoms. The van der Waals surface area contributed by atoms with Gasteiger partial charge in [-0.3, -0.25) is 0 Å². The van der Waals surface area contributed by atoms with E-state index in [1.165, 1.54) is 0 Å². The predicted molar refractivity (Wildman–Crippen MR) is 95.3 cm³/mol. The van der Waals surface area contributed by atoms with Crippen LogP contribution in [0.25, 0.3) is 11.5 Å². The SMILES string of the molecule is c1ccc(OC2CC(NCCc3nnc(-c4ccccc4)o3)C2)cc1. The molecule has 1 aliphatic carbocycles. The van der Waals surface area contributed by atoms with Crippen molar-refractivity contribution >= 4 is 0 Å². The van der Waals surface area contributed by atoms with Crippen LogP contribution in [0.3, 0.4) is 0 Å². The Morgan fingerprint density at radius 1 is 0.960 bits per heavy atom. The first-order valence-corrected chi connectivity index (χ1v) is 8.70. The summed E-state index contributed by atoms with van der Waals surface area (Å²) in [5.41, 5.74) is 0.953. The first-order chi connectivity index (χ1) is 12.4. The van der Waals surface area contributed by atoms with Crippen LogP contribution in [0.1, 0.15) is 18.7 Å². The zero-order valence-corrected chi connectivity index (χ0v) is 14.0. The van der Waals surface area contributed by atoms with E-state index in [-0.39, 0.29) is 0 Å². The molecule has 0 radical (unpaired) electrons. The third kappa shape index (κ3) is 4.06. The Morgan fingerprint density at radius 3 is 2.44 bits per heavy atom. The van der Waals surface area contributed by atoms with Gasteiger partial charge in [-0.15, -0.1) is 10.2 Å². The van der Waals surface area contributed by atoms with E-state index in [0.29, 0.717) is 23.9 Å². The van der Waals surface area contributed by atoms with Gasteiger partial charge in [-0.1, -0.05) is 36.4 Å². The highest BCUT2D eigenvalue weighted by Gasteiger charge is 2.30. The van der Waals surface area contributed by atoms with Gasteiger partial charge in [0.2, 0.25) is 11.8 Å². The summed E-state index contributed by atoms with van der Waals surface area (Å²) in [6.45, 7) is 0.832. The molecule has 1 fully saturated rings. The van der Waals surface area contributed by atoms with Gasteiger partial charge in [-0.2, -0.15) is 0 Å². The minimum Gasteiger partial charge on any atom is -0.490 e. The lowest BCUT2D eigenvalue weighted by molar-refractivity contribution is 0.0852. The second kappa shape index (κ2) is 7.49. The number of aromatic nitrogens is 2. The van der Waals surface area contributed by atoms with Crippen molar-refractivity contribution in [3.05, 3.63) is 66.6 Å². The number of nitrogens with zero attached hydrogens (tertiary/aromatic N) is 2. The van der Waals surface area contributed by atoms with E-state index < -0.39 is 0 Å². The number of rotatable bonds is 7. The van der Waals surface area contributed by atoms with Crippen LogP contribution in [-0.4, -0.2) is 28.9 Å². The molecule has 0 amide bonds. The molecule has 0 aliphatic heterocycles. The molecule has 0 unspecified atom stereocenters. The van der Waals surface area contributed by atoms with Crippen LogP contribution in [0, 0.1) is 0 Å². The first kappa shape index (κ1) is 15.8. The van der Waals surface area contributed by atoms with Crippen LogP contribution < -0.4 is 10.1 Å². The molecule has 1 saturated carbocycles. The quantitative estimate of drug-likeness (QED) is 0.716. The molecule has 0 spiro atoms. The molecule has 4 rings (SSSR count). The topological polar surface area (TPSA) is 60.2 Å². The summed E-state index contributed by atoms with van der Waals surface area (Å²) >= 11 is 0. The van der Waals surface area contributed by atoms with Gasteiger partial charge in [-0.25, -0.2) is 0 Å². The standard InChI is InChI=1S/C20H21N3O2/c1-3-7-15(8-4-1)20-23-22-19(25-20)11-12-21-16-13-18(14-16)24-17-9-5-2-6-10-17/h1-10,16,18,21H,11-14H2. The van der Waals surface area contributed by atoms with Crippen LogP contribution in [0.15, 0.2) is 65.1 Å². The third-order valence-electron chi connectivity index (χ3n) is 4.40. The highest BCUT2D eigenvalue weighted by atomic mass is 16.5. The molecule has 128 valence electrons. The van der Waals surface area contributed by atoms with Gasteiger partial charge >= 0.3 is 0 Å². The molecule has 2 aromatic carbocycles.